The van der Waals surface area contributed by atoms with Crippen molar-refractivity contribution in [2.75, 3.05) is 13.1 Å². The molecule has 1 N–H and O–H groups in total. The van der Waals surface area contributed by atoms with Gasteiger partial charge in [0.15, 0.2) is 4.96 Å². The third-order valence-corrected chi connectivity index (χ3v) is 5.15. The predicted octanol–water partition coefficient (Wildman–Crippen LogP) is 2.17. The molecule has 23 heavy (non-hydrogen) atoms. The van der Waals surface area contributed by atoms with Gasteiger partial charge in [0.1, 0.15) is 0 Å². The highest BCUT2D eigenvalue weighted by molar-refractivity contribution is 7.15. The lowest BCUT2D eigenvalue weighted by Gasteiger charge is -2.31. The Bertz CT molecular complexity index is 880. The Morgan fingerprint density at radius 1 is 1.43 bits per heavy atom. The molecule has 1 atom stereocenters. The molecule has 0 aliphatic carbocycles. The van der Waals surface area contributed by atoms with E-state index in [1.807, 2.05) is 12.3 Å². The zero-order valence-electron chi connectivity index (χ0n) is 13.0. The monoisotopic (exact) mass is 329 g/mol. The fraction of sp³-hybridized carbons (Fsp3) is 0.438. The summed E-state index contributed by atoms with van der Waals surface area (Å²) in [6.07, 6.45) is 4.09. The van der Waals surface area contributed by atoms with Gasteiger partial charge in [0.05, 0.1) is 11.4 Å². The van der Waals surface area contributed by atoms with Crippen molar-refractivity contribution < 1.29 is 0 Å². The van der Waals surface area contributed by atoms with Gasteiger partial charge in [-0.1, -0.05) is 0 Å². The lowest BCUT2D eigenvalue weighted by Crippen LogP contribution is -2.34. The number of fused-ring (bicyclic) bond motifs is 1. The van der Waals surface area contributed by atoms with Crippen molar-refractivity contribution in [3.8, 4) is 0 Å². The standard InChI is InChI=1S/C16H19N5OS/c1-11-7-14(19-18-11)12-3-2-4-20(9-12)10-13-8-15(22)21-5-6-23-16(21)17-13/h5-8,12H,2-4,9-10H2,1H3,(H,18,19). The maximum Gasteiger partial charge on any atom is 0.258 e. The molecule has 1 aliphatic heterocycles. The highest BCUT2D eigenvalue weighted by atomic mass is 32.1. The van der Waals surface area contributed by atoms with Gasteiger partial charge in [-0.15, -0.1) is 11.3 Å². The highest BCUT2D eigenvalue weighted by Crippen LogP contribution is 2.26. The summed E-state index contributed by atoms with van der Waals surface area (Å²) in [5, 5.41) is 9.33. The largest absolute Gasteiger partial charge is 0.297 e. The van der Waals surface area contributed by atoms with Gasteiger partial charge in [0.25, 0.3) is 5.56 Å². The first-order valence-electron chi connectivity index (χ1n) is 7.89. The minimum atomic E-state index is 0.00253. The van der Waals surface area contributed by atoms with Gasteiger partial charge >= 0.3 is 0 Å². The van der Waals surface area contributed by atoms with E-state index in [-0.39, 0.29) is 5.56 Å². The molecule has 6 nitrogen and oxygen atoms in total. The van der Waals surface area contributed by atoms with Crippen LogP contribution in [0.3, 0.4) is 0 Å². The van der Waals surface area contributed by atoms with Crippen molar-refractivity contribution in [3.05, 3.63) is 51.1 Å². The molecule has 3 aromatic heterocycles. The van der Waals surface area contributed by atoms with E-state index in [2.05, 4.69) is 26.1 Å². The predicted molar refractivity (Wildman–Crippen MR) is 89.9 cm³/mol. The van der Waals surface area contributed by atoms with Crippen molar-refractivity contribution in [1.29, 1.82) is 0 Å². The molecule has 0 amide bonds. The van der Waals surface area contributed by atoms with Gasteiger partial charge in [-0.2, -0.15) is 5.10 Å². The van der Waals surface area contributed by atoms with Crippen molar-refractivity contribution in [2.45, 2.75) is 32.2 Å². The molecule has 4 heterocycles. The molecule has 0 aromatic carbocycles. The average Bonchev–Trinajstić information content (AvgIpc) is 3.16. The van der Waals surface area contributed by atoms with E-state index < -0.39 is 0 Å². The van der Waals surface area contributed by atoms with Gasteiger partial charge in [-0.3, -0.25) is 19.2 Å². The van der Waals surface area contributed by atoms with Crippen LogP contribution < -0.4 is 5.56 Å². The zero-order valence-corrected chi connectivity index (χ0v) is 13.8. The Labute approximate surface area is 137 Å². The van der Waals surface area contributed by atoms with Gasteiger partial charge in [0.2, 0.25) is 0 Å². The lowest BCUT2D eigenvalue weighted by molar-refractivity contribution is 0.196. The van der Waals surface area contributed by atoms with Crippen LogP contribution >= 0.6 is 11.3 Å². The molecule has 4 rings (SSSR count). The van der Waals surface area contributed by atoms with E-state index in [0.29, 0.717) is 5.92 Å². The van der Waals surface area contributed by atoms with Crippen molar-refractivity contribution >= 4 is 16.3 Å². The van der Waals surface area contributed by atoms with E-state index in [1.165, 1.54) is 17.8 Å². The molecule has 120 valence electrons. The van der Waals surface area contributed by atoms with Crippen molar-refractivity contribution in [1.82, 2.24) is 24.5 Å². The number of H-pyrrole nitrogens is 1. The third-order valence-electron chi connectivity index (χ3n) is 4.39. The zero-order chi connectivity index (χ0) is 15.8. The maximum absolute atomic E-state index is 12.1. The Morgan fingerprint density at radius 2 is 2.35 bits per heavy atom. The number of thiazole rings is 1. The molecule has 1 fully saturated rings. The quantitative estimate of drug-likeness (QED) is 0.800. The van der Waals surface area contributed by atoms with E-state index in [9.17, 15) is 4.79 Å². The van der Waals surface area contributed by atoms with Gasteiger partial charge < -0.3 is 0 Å². The summed E-state index contributed by atoms with van der Waals surface area (Å²) < 4.78 is 1.60. The molecule has 1 unspecified atom stereocenters. The molecule has 0 saturated carbocycles. The topological polar surface area (TPSA) is 66.3 Å². The summed E-state index contributed by atoms with van der Waals surface area (Å²) in [5.41, 5.74) is 3.11. The van der Waals surface area contributed by atoms with Crippen LogP contribution in [0.25, 0.3) is 4.96 Å². The number of piperidine rings is 1. The molecule has 3 aromatic rings. The smallest absolute Gasteiger partial charge is 0.258 e. The minimum absolute atomic E-state index is 0.00253. The summed E-state index contributed by atoms with van der Waals surface area (Å²) in [6, 6.07) is 3.79. The second-order valence-corrected chi connectivity index (χ2v) is 7.06. The number of aromatic amines is 1. The third kappa shape index (κ3) is 2.94. The Hall–Kier alpha value is -1.99. The Morgan fingerprint density at radius 3 is 3.17 bits per heavy atom. The number of hydrogen-bond acceptors (Lipinski definition) is 5. The SMILES string of the molecule is Cc1cc(C2CCCN(Cc3cc(=O)n4ccsc4n3)C2)n[nH]1. The van der Waals surface area contributed by atoms with Crippen LogP contribution in [-0.4, -0.2) is 37.6 Å². The van der Waals surface area contributed by atoms with E-state index in [1.54, 1.807) is 16.7 Å². The average molecular weight is 329 g/mol. The number of aryl methyl sites for hydroxylation is 1. The van der Waals surface area contributed by atoms with Crippen LogP contribution in [0.15, 0.2) is 28.5 Å². The summed E-state index contributed by atoms with van der Waals surface area (Å²) in [4.78, 5) is 19.8. The summed E-state index contributed by atoms with van der Waals surface area (Å²) in [5.74, 6) is 0.459. The van der Waals surface area contributed by atoms with Crippen LogP contribution in [0.4, 0.5) is 0 Å². The Balaban J connectivity index is 1.52. The van der Waals surface area contributed by atoms with E-state index >= 15 is 0 Å². The number of rotatable bonds is 3. The maximum atomic E-state index is 12.1. The summed E-state index contributed by atoms with van der Waals surface area (Å²) in [6.45, 7) is 4.77. The second kappa shape index (κ2) is 5.90. The van der Waals surface area contributed by atoms with Crippen LogP contribution in [0.1, 0.15) is 35.8 Å². The van der Waals surface area contributed by atoms with E-state index in [4.69, 9.17) is 0 Å². The highest BCUT2D eigenvalue weighted by Gasteiger charge is 2.23. The number of nitrogens with zero attached hydrogens (tertiary/aromatic N) is 4. The molecule has 1 saturated heterocycles. The van der Waals surface area contributed by atoms with Gasteiger partial charge in [-0.25, -0.2) is 4.98 Å². The normalized spacial score (nSPS) is 19.4. The summed E-state index contributed by atoms with van der Waals surface area (Å²) >= 11 is 1.50. The number of aromatic nitrogens is 4. The van der Waals surface area contributed by atoms with Crippen LogP contribution in [0.2, 0.25) is 0 Å². The number of likely N-dealkylation sites (tertiary alicyclic amines) is 1. The number of hydrogen-bond donors (Lipinski definition) is 1. The van der Waals surface area contributed by atoms with Crippen molar-refractivity contribution in [3.63, 3.8) is 0 Å². The Kier molecular flexibility index (Phi) is 3.74. The molecule has 0 radical (unpaired) electrons. The first-order chi connectivity index (χ1) is 11.2. The molecule has 7 heteroatoms. The van der Waals surface area contributed by atoms with Crippen LogP contribution in [0.5, 0.6) is 0 Å². The van der Waals surface area contributed by atoms with Gasteiger partial charge in [0, 0.05) is 42.3 Å². The minimum Gasteiger partial charge on any atom is -0.297 e. The van der Waals surface area contributed by atoms with Crippen LogP contribution in [0, 0.1) is 6.92 Å². The van der Waals surface area contributed by atoms with Crippen molar-refractivity contribution in [2.24, 2.45) is 0 Å². The van der Waals surface area contributed by atoms with E-state index in [0.717, 1.165) is 48.1 Å². The fourth-order valence-corrected chi connectivity index (χ4v) is 4.03. The molecular formula is C16H19N5OS. The molecule has 1 aliphatic rings. The summed E-state index contributed by atoms with van der Waals surface area (Å²) in [7, 11) is 0. The number of nitrogens with one attached hydrogen (secondary N) is 1. The first kappa shape index (κ1) is 14.6. The van der Waals surface area contributed by atoms with Gasteiger partial charge in [-0.05, 0) is 32.4 Å². The van der Waals surface area contributed by atoms with Crippen LogP contribution in [-0.2, 0) is 6.54 Å². The molecule has 0 bridgehead atoms. The first-order valence-corrected chi connectivity index (χ1v) is 8.77. The fourth-order valence-electron chi connectivity index (χ4n) is 3.29. The molecular weight excluding hydrogens is 310 g/mol. The second-order valence-electron chi connectivity index (χ2n) is 6.19. The molecule has 0 spiro atoms. The lowest BCUT2D eigenvalue weighted by atomic mass is 9.94.